The smallest absolute Gasteiger partial charge is 0.349 e. The number of rotatable bonds is 8. The van der Waals surface area contributed by atoms with Gasteiger partial charge in [0.05, 0.1) is 0 Å². The lowest BCUT2D eigenvalue weighted by atomic mass is 9.87. The minimum atomic E-state index is -1.13. The molecule has 0 saturated carbocycles. The van der Waals surface area contributed by atoms with Gasteiger partial charge in [0.25, 0.3) is 0 Å². The van der Waals surface area contributed by atoms with Crippen molar-refractivity contribution in [3.63, 3.8) is 0 Å². The second-order valence-corrected chi connectivity index (χ2v) is 8.48. The van der Waals surface area contributed by atoms with E-state index in [2.05, 4.69) is 20.8 Å². The van der Waals surface area contributed by atoms with E-state index in [1.165, 1.54) is 0 Å². The molecule has 3 rings (SSSR count). The van der Waals surface area contributed by atoms with Crippen molar-refractivity contribution in [1.82, 2.24) is 0 Å². The molecule has 3 aromatic rings. The van der Waals surface area contributed by atoms with Gasteiger partial charge in [-0.05, 0) is 59.5 Å². The quantitative estimate of drug-likeness (QED) is 0.419. The average Bonchev–Trinajstić information content (AvgIpc) is 2.73. The van der Waals surface area contributed by atoms with Crippen molar-refractivity contribution >= 4 is 17.6 Å². The van der Waals surface area contributed by atoms with Gasteiger partial charge in [0.15, 0.2) is 0 Å². The molecule has 0 saturated heterocycles. The second kappa shape index (κ2) is 9.75. The normalized spacial score (nSPS) is 12.1. The minimum absolute atomic E-state index is 0.0117. The van der Waals surface area contributed by atoms with E-state index in [1.807, 2.05) is 12.1 Å². The molecule has 0 radical (unpaired) electrons. The number of carboxylic acids is 1. The topological polar surface area (TPSA) is 65.0 Å². The van der Waals surface area contributed by atoms with Crippen molar-refractivity contribution in [3.05, 3.63) is 88.9 Å². The van der Waals surface area contributed by atoms with E-state index in [4.69, 9.17) is 25.8 Å². The Bertz CT molecular complexity index is 990. The SMILES string of the molecule is CC(C)(C)c1ccc(OC(C(=O)O)c2ccc(OCOc3ccc(Cl)cc3)cc2)cc1. The summed E-state index contributed by atoms with van der Waals surface area (Å²) in [6.07, 6.45) is -1.13. The van der Waals surface area contributed by atoms with Gasteiger partial charge in [-0.25, -0.2) is 4.79 Å². The van der Waals surface area contributed by atoms with Gasteiger partial charge >= 0.3 is 5.97 Å². The van der Waals surface area contributed by atoms with Crippen LogP contribution in [-0.2, 0) is 10.2 Å². The van der Waals surface area contributed by atoms with Gasteiger partial charge in [0, 0.05) is 10.6 Å². The lowest BCUT2D eigenvalue weighted by Gasteiger charge is -2.20. The van der Waals surface area contributed by atoms with Crippen molar-refractivity contribution in [1.29, 1.82) is 0 Å². The van der Waals surface area contributed by atoms with E-state index in [0.717, 1.165) is 5.56 Å². The van der Waals surface area contributed by atoms with Crippen molar-refractivity contribution < 1.29 is 24.1 Å². The zero-order valence-electron chi connectivity index (χ0n) is 17.7. The molecule has 1 unspecified atom stereocenters. The Hall–Kier alpha value is -3.18. The van der Waals surface area contributed by atoms with E-state index < -0.39 is 12.1 Å². The van der Waals surface area contributed by atoms with Crippen LogP contribution in [0.1, 0.15) is 38.0 Å². The molecule has 5 nitrogen and oxygen atoms in total. The van der Waals surface area contributed by atoms with Gasteiger partial charge in [-0.3, -0.25) is 0 Å². The number of hydrogen-bond donors (Lipinski definition) is 1. The third kappa shape index (κ3) is 6.40. The molecule has 6 heteroatoms. The van der Waals surface area contributed by atoms with Crippen LogP contribution in [0.4, 0.5) is 0 Å². The summed E-state index contributed by atoms with van der Waals surface area (Å²) in [5.41, 5.74) is 1.67. The zero-order chi connectivity index (χ0) is 22.4. The number of aliphatic carboxylic acids is 1. The van der Waals surface area contributed by atoms with Gasteiger partial charge in [0.2, 0.25) is 12.9 Å². The third-order valence-corrected chi connectivity index (χ3v) is 4.90. The summed E-state index contributed by atoms with van der Waals surface area (Å²) in [6.45, 7) is 6.37. The molecular formula is C25H25ClO5. The number of halogens is 1. The van der Waals surface area contributed by atoms with Crippen LogP contribution in [-0.4, -0.2) is 17.9 Å². The first kappa shape index (κ1) is 22.5. The fourth-order valence-corrected chi connectivity index (χ4v) is 2.99. The van der Waals surface area contributed by atoms with Crippen molar-refractivity contribution in [2.75, 3.05) is 6.79 Å². The lowest BCUT2D eigenvalue weighted by molar-refractivity contribution is -0.145. The lowest BCUT2D eigenvalue weighted by Crippen LogP contribution is -2.18. The number of carbonyl (C=O) groups is 1. The summed E-state index contributed by atoms with van der Waals surface area (Å²) in [7, 11) is 0. The fourth-order valence-electron chi connectivity index (χ4n) is 2.87. The number of hydrogen-bond acceptors (Lipinski definition) is 4. The summed E-state index contributed by atoms with van der Waals surface area (Å²) in [6, 6.07) is 21.1. The highest BCUT2D eigenvalue weighted by Crippen LogP contribution is 2.28. The molecular weight excluding hydrogens is 416 g/mol. The summed E-state index contributed by atoms with van der Waals surface area (Å²) in [4.78, 5) is 11.8. The molecule has 0 aliphatic heterocycles. The maximum atomic E-state index is 11.8. The highest BCUT2D eigenvalue weighted by Gasteiger charge is 2.22. The van der Waals surface area contributed by atoms with Crippen molar-refractivity contribution in [3.8, 4) is 17.2 Å². The van der Waals surface area contributed by atoms with Gasteiger partial charge in [-0.1, -0.05) is 56.6 Å². The predicted octanol–water partition coefficient (Wildman–Crippen LogP) is 6.26. The average molecular weight is 441 g/mol. The maximum Gasteiger partial charge on any atom is 0.349 e. The Morgan fingerprint density at radius 2 is 1.32 bits per heavy atom. The Kier molecular flexibility index (Phi) is 7.08. The third-order valence-electron chi connectivity index (χ3n) is 4.65. The first-order chi connectivity index (χ1) is 14.7. The molecule has 0 spiro atoms. The molecule has 1 N–H and O–H groups in total. The molecule has 0 aromatic heterocycles. The number of benzene rings is 3. The summed E-state index contributed by atoms with van der Waals surface area (Å²) < 4.78 is 16.8. The first-order valence-electron chi connectivity index (χ1n) is 9.83. The standard InChI is InChI=1S/C25H25ClO5/c1-25(2,3)18-6-12-22(13-7-18)31-23(24(27)28)17-4-10-20(11-5-17)29-16-30-21-14-8-19(26)9-15-21/h4-15,23H,16H2,1-3H3,(H,27,28). The highest BCUT2D eigenvalue weighted by atomic mass is 35.5. The minimum Gasteiger partial charge on any atom is -0.478 e. The van der Waals surface area contributed by atoms with E-state index >= 15 is 0 Å². The van der Waals surface area contributed by atoms with Crippen LogP contribution in [0.5, 0.6) is 17.2 Å². The van der Waals surface area contributed by atoms with Crippen LogP contribution in [0, 0.1) is 0 Å². The molecule has 0 bridgehead atoms. The molecule has 31 heavy (non-hydrogen) atoms. The zero-order valence-corrected chi connectivity index (χ0v) is 18.4. The Morgan fingerprint density at radius 3 is 1.81 bits per heavy atom. The number of ether oxygens (including phenoxy) is 3. The molecule has 0 aliphatic rings. The number of carboxylic acid groups (broad SMARTS) is 1. The molecule has 0 heterocycles. The second-order valence-electron chi connectivity index (χ2n) is 8.04. The van der Waals surface area contributed by atoms with Crippen molar-refractivity contribution in [2.45, 2.75) is 32.3 Å². The van der Waals surface area contributed by atoms with E-state index in [1.54, 1.807) is 60.7 Å². The first-order valence-corrected chi connectivity index (χ1v) is 10.2. The molecule has 1 atom stereocenters. The fraction of sp³-hybridized carbons (Fsp3) is 0.240. The summed E-state index contributed by atoms with van der Waals surface area (Å²) >= 11 is 5.84. The molecule has 0 aliphatic carbocycles. The molecule has 162 valence electrons. The predicted molar refractivity (Wildman–Crippen MR) is 120 cm³/mol. The Morgan fingerprint density at radius 1 is 0.839 bits per heavy atom. The summed E-state index contributed by atoms with van der Waals surface area (Å²) in [5, 5.41) is 10.3. The monoisotopic (exact) mass is 440 g/mol. The molecule has 3 aromatic carbocycles. The molecule has 0 fully saturated rings. The van der Waals surface area contributed by atoms with Crippen LogP contribution in [0.25, 0.3) is 0 Å². The van der Waals surface area contributed by atoms with E-state index in [0.29, 0.717) is 27.8 Å². The van der Waals surface area contributed by atoms with E-state index in [9.17, 15) is 9.90 Å². The van der Waals surface area contributed by atoms with Gasteiger partial charge in [-0.2, -0.15) is 0 Å². The van der Waals surface area contributed by atoms with E-state index in [-0.39, 0.29) is 12.2 Å². The largest absolute Gasteiger partial charge is 0.478 e. The van der Waals surface area contributed by atoms with Gasteiger partial charge < -0.3 is 19.3 Å². The van der Waals surface area contributed by atoms with Crippen LogP contribution >= 0.6 is 11.6 Å². The van der Waals surface area contributed by atoms with Gasteiger partial charge in [-0.15, -0.1) is 0 Å². The van der Waals surface area contributed by atoms with Crippen LogP contribution in [0.2, 0.25) is 5.02 Å². The van der Waals surface area contributed by atoms with Crippen molar-refractivity contribution in [2.24, 2.45) is 0 Å². The van der Waals surface area contributed by atoms with Crippen LogP contribution in [0.3, 0.4) is 0 Å². The summed E-state index contributed by atoms with van der Waals surface area (Å²) in [5.74, 6) is 0.617. The molecule has 0 amide bonds. The van der Waals surface area contributed by atoms with Crippen LogP contribution in [0.15, 0.2) is 72.8 Å². The Balaban J connectivity index is 1.61. The maximum absolute atomic E-state index is 11.8. The van der Waals surface area contributed by atoms with Gasteiger partial charge in [0.1, 0.15) is 17.2 Å². The highest BCUT2D eigenvalue weighted by molar-refractivity contribution is 6.30. The Labute approximate surface area is 187 Å². The van der Waals surface area contributed by atoms with Crippen LogP contribution < -0.4 is 14.2 Å².